The molecule has 66 valence electrons. The summed E-state index contributed by atoms with van der Waals surface area (Å²) in [5.74, 6) is -0.184. The zero-order valence-electron chi connectivity index (χ0n) is 7.25. The minimum absolute atomic E-state index is 0.184. The zero-order valence-corrected chi connectivity index (χ0v) is 8.07. The van der Waals surface area contributed by atoms with Crippen molar-refractivity contribution in [1.29, 1.82) is 0 Å². The molecule has 0 aliphatic rings. The second-order valence-corrected chi connectivity index (χ2v) is 3.72. The van der Waals surface area contributed by atoms with Crippen LogP contribution >= 0.6 is 11.3 Å². The fourth-order valence-corrected chi connectivity index (χ4v) is 2.14. The van der Waals surface area contributed by atoms with Crippen LogP contribution in [0.1, 0.15) is 5.56 Å². The molecule has 0 N–H and O–H groups in total. The van der Waals surface area contributed by atoms with Gasteiger partial charge in [0.05, 0.1) is 0 Å². The highest BCUT2D eigenvalue weighted by atomic mass is 32.1. The largest absolute Gasteiger partial charge is 0.207 e. The Morgan fingerprint density at radius 1 is 1.08 bits per heavy atom. The summed E-state index contributed by atoms with van der Waals surface area (Å²) in [5.41, 5.74) is 3.53. The van der Waals surface area contributed by atoms with Crippen LogP contribution in [0.4, 0.5) is 4.39 Å². The van der Waals surface area contributed by atoms with Crippen LogP contribution < -0.4 is 0 Å². The standard InChI is InChI=1S/C11H9FS/c1-8-6-13-7-11(8)9-2-4-10(12)5-3-9/h2-7H,1H3. The average molecular weight is 192 g/mol. The molecule has 13 heavy (non-hydrogen) atoms. The second-order valence-electron chi connectivity index (χ2n) is 2.98. The van der Waals surface area contributed by atoms with Crippen molar-refractivity contribution in [2.75, 3.05) is 0 Å². The summed E-state index contributed by atoms with van der Waals surface area (Å²) in [6.45, 7) is 2.06. The van der Waals surface area contributed by atoms with Gasteiger partial charge in [-0.2, -0.15) is 11.3 Å². The van der Waals surface area contributed by atoms with Gasteiger partial charge in [0.2, 0.25) is 0 Å². The quantitative estimate of drug-likeness (QED) is 0.643. The third-order valence-electron chi connectivity index (χ3n) is 2.01. The topological polar surface area (TPSA) is 0 Å². The summed E-state index contributed by atoms with van der Waals surface area (Å²) < 4.78 is 12.6. The minimum Gasteiger partial charge on any atom is -0.207 e. The Bertz CT molecular complexity index is 400. The molecule has 2 rings (SSSR count). The SMILES string of the molecule is Cc1cscc1-c1ccc(F)cc1. The molecule has 1 heterocycles. The molecule has 0 bridgehead atoms. The molecule has 0 amide bonds. The van der Waals surface area contributed by atoms with Crippen molar-refractivity contribution in [3.8, 4) is 11.1 Å². The number of hydrogen-bond acceptors (Lipinski definition) is 1. The first-order valence-electron chi connectivity index (χ1n) is 4.06. The third kappa shape index (κ3) is 1.63. The lowest BCUT2D eigenvalue weighted by Gasteiger charge is -1.99. The highest BCUT2D eigenvalue weighted by Crippen LogP contribution is 2.26. The van der Waals surface area contributed by atoms with Crippen molar-refractivity contribution in [1.82, 2.24) is 0 Å². The van der Waals surface area contributed by atoms with Crippen molar-refractivity contribution < 1.29 is 4.39 Å². The highest BCUT2D eigenvalue weighted by Gasteiger charge is 2.01. The summed E-state index contributed by atoms with van der Waals surface area (Å²) in [4.78, 5) is 0. The van der Waals surface area contributed by atoms with Crippen LogP contribution in [0, 0.1) is 12.7 Å². The van der Waals surface area contributed by atoms with Gasteiger partial charge in [-0.3, -0.25) is 0 Å². The molecular weight excluding hydrogens is 183 g/mol. The third-order valence-corrected chi connectivity index (χ3v) is 2.87. The van der Waals surface area contributed by atoms with Gasteiger partial charge >= 0.3 is 0 Å². The van der Waals surface area contributed by atoms with E-state index >= 15 is 0 Å². The number of benzene rings is 1. The van der Waals surface area contributed by atoms with Gasteiger partial charge < -0.3 is 0 Å². The van der Waals surface area contributed by atoms with Gasteiger partial charge in [0.25, 0.3) is 0 Å². The molecule has 0 spiro atoms. The van der Waals surface area contributed by atoms with Gasteiger partial charge in [0, 0.05) is 0 Å². The molecule has 0 aliphatic heterocycles. The van der Waals surface area contributed by atoms with E-state index in [-0.39, 0.29) is 5.82 Å². The molecule has 0 unspecified atom stereocenters. The zero-order chi connectivity index (χ0) is 9.26. The van der Waals surface area contributed by atoms with E-state index in [9.17, 15) is 4.39 Å². The second kappa shape index (κ2) is 3.30. The predicted molar refractivity (Wildman–Crippen MR) is 54.5 cm³/mol. The van der Waals surface area contributed by atoms with E-state index in [2.05, 4.69) is 17.7 Å². The first-order valence-corrected chi connectivity index (χ1v) is 5.00. The van der Waals surface area contributed by atoms with Crippen LogP contribution in [0.3, 0.4) is 0 Å². The van der Waals surface area contributed by atoms with E-state index < -0.39 is 0 Å². The fraction of sp³-hybridized carbons (Fsp3) is 0.0909. The van der Waals surface area contributed by atoms with Crippen LogP contribution in [0.5, 0.6) is 0 Å². The lowest BCUT2D eigenvalue weighted by Crippen LogP contribution is -1.78. The first kappa shape index (κ1) is 8.45. The van der Waals surface area contributed by atoms with Gasteiger partial charge in [0.15, 0.2) is 0 Å². The first-order chi connectivity index (χ1) is 6.27. The van der Waals surface area contributed by atoms with Crippen LogP contribution in [-0.4, -0.2) is 0 Å². The Balaban J connectivity index is 2.47. The molecule has 1 aromatic heterocycles. The van der Waals surface area contributed by atoms with E-state index in [0.717, 1.165) is 5.56 Å². The van der Waals surface area contributed by atoms with Crippen molar-refractivity contribution in [3.05, 3.63) is 46.4 Å². The maximum absolute atomic E-state index is 12.6. The van der Waals surface area contributed by atoms with Gasteiger partial charge in [0.1, 0.15) is 5.82 Å². The monoisotopic (exact) mass is 192 g/mol. The van der Waals surface area contributed by atoms with Crippen LogP contribution in [0.15, 0.2) is 35.0 Å². The van der Waals surface area contributed by atoms with E-state index in [1.165, 1.54) is 23.3 Å². The Morgan fingerprint density at radius 3 is 2.31 bits per heavy atom. The summed E-state index contributed by atoms with van der Waals surface area (Å²) in [5, 5.41) is 4.18. The Morgan fingerprint density at radius 2 is 1.77 bits per heavy atom. The molecule has 2 aromatic rings. The van der Waals surface area contributed by atoms with Crippen molar-refractivity contribution in [2.24, 2.45) is 0 Å². The Kier molecular flexibility index (Phi) is 2.15. The van der Waals surface area contributed by atoms with Gasteiger partial charge in [-0.1, -0.05) is 12.1 Å². The van der Waals surface area contributed by atoms with E-state index in [1.807, 2.05) is 12.1 Å². The summed E-state index contributed by atoms with van der Waals surface area (Å²) in [7, 11) is 0. The normalized spacial score (nSPS) is 10.3. The maximum atomic E-state index is 12.6. The van der Waals surface area contributed by atoms with Crippen molar-refractivity contribution in [2.45, 2.75) is 6.92 Å². The van der Waals surface area contributed by atoms with Gasteiger partial charge in [-0.15, -0.1) is 0 Å². The Labute approximate surface area is 80.7 Å². The molecule has 1 aromatic carbocycles. The maximum Gasteiger partial charge on any atom is 0.123 e. The van der Waals surface area contributed by atoms with E-state index in [0.29, 0.717) is 0 Å². The van der Waals surface area contributed by atoms with Crippen molar-refractivity contribution >= 4 is 11.3 Å². The summed E-state index contributed by atoms with van der Waals surface area (Å²) in [6, 6.07) is 6.60. The molecule has 0 radical (unpaired) electrons. The van der Waals surface area contributed by atoms with Crippen LogP contribution in [0.25, 0.3) is 11.1 Å². The molecule has 0 fully saturated rings. The Hall–Kier alpha value is -1.15. The average Bonchev–Trinajstić information content (AvgIpc) is 2.53. The van der Waals surface area contributed by atoms with Gasteiger partial charge in [-0.05, 0) is 46.5 Å². The fourth-order valence-electron chi connectivity index (χ4n) is 1.29. The number of aryl methyl sites for hydroxylation is 1. The molecule has 0 atom stereocenters. The van der Waals surface area contributed by atoms with E-state index in [1.54, 1.807) is 11.3 Å². The van der Waals surface area contributed by atoms with Crippen LogP contribution in [0.2, 0.25) is 0 Å². The minimum atomic E-state index is -0.184. The number of halogens is 1. The molecule has 2 heteroatoms. The molecule has 0 saturated heterocycles. The van der Waals surface area contributed by atoms with Gasteiger partial charge in [-0.25, -0.2) is 4.39 Å². The number of rotatable bonds is 1. The van der Waals surface area contributed by atoms with Crippen molar-refractivity contribution in [3.63, 3.8) is 0 Å². The van der Waals surface area contributed by atoms with E-state index in [4.69, 9.17) is 0 Å². The van der Waals surface area contributed by atoms with Crippen LogP contribution in [-0.2, 0) is 0 Å². The summed E-state index contributed by atoms with van der Waals surface area (Å²) >= 11 is 1.67. The molecular formula is C11H9FS. The lowest BCUT2D eigenvalue weighted by atomic mass is 10.1. The summed E-state index contributed by atoms with van der Waals surface area (Å²) in [6.07, 6.45) is 0. The molecule has 0 saturated carbocycles. The highest BCUT2D eigenvalue weighted by molar-refractivity contribution is 7.08. The number of hydrogen-bond donors (Lipinski definition) is 0. The predicted octanol–water partition coefficient (Wildman–Crippen LogP) is 3.86. The molecule has 0 nitrogen and oxygen atoms in total. The lowest BCUT2D eigenvalue weighted by molar-refractivity contribution is 0.628. The molecule has 0 aliphatic carbocycles. The number of thiophene rings is 1. The smallest absolute Gasteiger partial charge is 0.123 e.